The summed E-state index contributed by atoms with van der Waals surface area (Å²) in [7, 11) is -1.97. The number of piperidine rings is 1. The second-order valence-electron chi connectivity index (χ2n) is 10.3. The fraction of sp³-hybridized carbons (Fsp3) is 0.323. The fourth-order valence-corrected chi connectivity index (χ4v) is 6.42. The molecule has 41 heavy (non-hydrogen) atoms. The molecule has 1 aliphatic rings. The van der Waals surface area contributed by atoms with Crippen molar-refractivity contribution in [1.29, 1.82) is 0 Å². The van der Waals surface area contributed by atoms with Crippen LogP contribution in [-0.2, 0) is 16.3 Å². The molecule has 218 valence electrons. The Bertz CT molecular complexity index is 1670. The van der Waals surface area contributed by atoms with Crippen LogP contribution in [0.1, 0.15) is 42.9 Å². The number of nitrogens with zero attached hydrogens (tertiary/aromatic N) is 1. The van der Waals surface area contributed by atoms with Crippen LogP contribution in [0.25, 0.3) is 10.9 Å². The molecule has 10 heteroatoms. The first-order chi connectivity index (χ1) is 19.0. The van der Waals surface area contributed by atoms with E-state index in [0.29, 0.717) is 45.9 Å². The Kier molecular flexibility index (Phi) is 9.04. The number of rotatable bonds is 7. The maximum Gasteiger partial charge on any atom is 0.217 e. The molecular weight excluding hydrogens is 570 g/mol. The summed E-state index contributed by atoms with van der Waals surface area (Å²) in [5, 5.41) is 16.8. The van der Waals surface area contributed by atoms with Gasteiger partial charge in [0, 0.05) is 40.3 Å². The average Bonchev–Trinajstić information content (AvgIpc) is 2.90. The molecule has 3 aromatic carbocycles. The van der Waals surface area contributed by atoms with Gasteiger partial charge in [0.25, 0.3) is 0 Å². The number of benzene rings is 3. The molecule has 1 aliphatic heterocycles. The van der Waals surface area contributed by atoms with Gasteiger partial charge in [-0.15, -0.1) is 0 Å². The summed E-state index contributed by atoms with van der Waals surface area (Å²) in [4.78, 5) is 4.81. The Morgan fingerprint density at radius 1 is 1.12 bits per heavy atom. The van der Waals surface area contributed by atoms with Crippen molar-refractivity contribution in [3.63, 3.8) is 0 Å². The number of methoxy groups -OCH3 is 1. The van der Waals surface area contributed by atoms with Crippen LogP contribution in [0.4, 0.5) is 8.78 Å². The van der Waals surface area contributed by atoms with Crippen LogP contribution >= 0.6 is 11.6 Å². The first-order valence-corrected chi connectivity index (χ1v) is 15.1. The highest BCUT2D eigenvalue weighted by molar-refractivity contribution is 7.90. The van der Waals surface area contributed by atoms with Gasteiger partial charge in [-0.3, -0.25) is 0 Å². The second-order valence-corrected chi connectivity index (χ2v) is 12.8. The topological polar surface area (TPSA) is 88.5 Å². The van der Waals surface area contributed by atoms with Crippen LogP contribution in [0.3, 0.4) is 0 Å². The third kappa shape index (κ3) is 6.54. The van der Waals surface area contributed by atoms with Gasteiger partial charge in [0.15, 0.2) is 9.84 Å². The SMILES string of the molecule is C.COc1nc2ccc(S(C)(=O)=O)cc2cc1C(c1ccc(Cl)cc1)C1(O)CCNC(Cc2ccc(F)cc2F)C1. The highest BCUT2D eigenvalue weighted by Crippen LogP contribution is 2.45. The van der Waals surface area contributed by atoms with Gasteiger partial charge in [-0.05, 0) is 79.4 Å². The van der Waals surface area contributed by atoms with Gasteiger partial charge in [0.05, 0.1) is 23.1 Å². The van der Waals surface area contributed by atoms with Crippen molar-refractivity contribution >= 4 is 32.3 Å². The van der Waals surface area contributed by atoms with Crippen molar-refractivity contribution in [3.05, 3.63) is 100 Å². The number of fused-ring (bicyclic) bond motifs is 1. The zero-order chi connectivity index (χ0) is 28.7. The minimum absolute atomic E-state index is 0. The Labute approximate surface area is 244 Å². The number of nitrogens with one attached hydrogen (secondary N) is 1. The first-order valence-electron chi connectivity index (χ1n) is 12.8. The van der Waals surface area contributed by atoms with Crippen LogP contribution in [0.2, 0.25) is 5.02 Å². The standard InChI is InChI=1S/C30H29ClF2N2O4S.CH4/c1-39-29-25(15-20-14-24(40(2,37)38)9-10-27(20)35-29)28(18-3-6-21(31)7-4-18)30(36)11-12-34-23(17-30)13-19-5-8-22(32)16-26(19)33;/h3-10,14-16,23,28,34,36H,11-13,17H2,1-2H3;1H4. The van der Waals surface area contributed by atoms with Crippen LogP contribution in [0, 0.1) is 11.6 Å². The van der Waals surface area contributed by atoms with Crippen LogP contribution in [0.5, 0.6) is 5.88 Å². The lowest BCUT2D eigenvalue weighted by molar-refractivity contribution is -0.0191. The van der Waals surface area contributed by atoms with Gasteiger partial charge in [0.1, 0.15) is 11.6 Å². The van der Waals surface area contributed by atoms with Gasteiger partial charge >= 0.3 is 0 Å². The summed E-state index contributed by atoms with van der Waals surface area (Å²) < 4.78 is 58.1. The molecule has 0 amide bonds. The molecule has 3 atom stereocenters. The predicted molar refractivity (Wildman–Crippen MR) is 157 cm³/mol. The summed E-state index contributed by atoms with van der Waals surface area (Å²) in [6, 6.07) is 16.8. The van der Waals surface area contributed by atoms with E-state index >= 15 is 0 Å². The van der Waals surface area contributed by atoms with Crippen LogP contribution in [-0.4, -0.2) is 50.1 Å². The molecule has 1 fully saturated rings. The van der Waals surface area contributed by atoms with E-state index < -0.39 is 33.0 Å². The molecular formula is C31H33ClF2N2O4S. The van der Waals surface area contributed by atoms with Crippen molar-refractivity contribution in [1.82, 2.24) is 10.3 Å². The summed E-state index contributed by atoms with van der Waals surface area (Å²) >= 11 is 6.19. The minimum atomic E-state index is -3.46. The number of pyridine rings is 1. The molecule has 1 aromatic heterocycles. The molecule has 0 bridgehead atoms. The molecule has 5 rings (SSSR count). The summed E-state index contributed by atoms with van der Waals surface area (Å²) in [5.41, 5.74) is 0.921. The van der Waals surface area contributed by atoms with E-state index in [1.54, 1.807) is 24.3 Å². The van der Waals surface area contributed by atoms with E-state index in [4.69, 9.17) is 16.3 Å². The molecule has 0 spiro atoms. The maximum absolute atomic E-state index is 14.5. The summed E-state index contributed by atoms with van der Waals surface area (Å²) in [6.07, 6.45) is 2.02. The Morgan fingerprint density at radius 3 is 2.51 bits per heavy atom. The Hall–Kier alpha value is -3.11. The zero-order valence-corrected chi connectivity index (χ0v) is 23.6. The normalized spacial score (nSPS) is 19.9. The van der Waals surface area contributed by atoms with E-state index in [1.807, 2.05) is 18.2 Å². The zero-order valence-electron chi connectivity index (χ0n) is 22.0. The largest absolute Gasteiger partial charge is 0.481 e. The van der Waals surface area contributed by atoms with Crippen molar-refractivity contribution in [3.8, 4) is 5.88 Å². The molecule has 0 saturated carbocycles. The number of ether oxygens (including phenoxy) is 1. The number of hydrogen-bond acceptors (Lipinski definition) is 6. The molecule has 1 saturated heterocycles. The van der Waals surface area contributed by atoms with Gasteiger partial charge in [-0.2, -0.15) is 0 Å². The molecule has 2 N–H and O–H groups in total. The number of aromatic nitrogens is 1. The number of halogens is 3. The van der Waals surface area contributed by atoms with E-state index in [0.717, 1.165) is 17.9 Å². The minimum Gasteiger partial charge on any atom is -0.481 e. The Balaban J connectivity index is 0.00000387. The van der Waals surface area contributed by atoms with Gasteiger partial charge in [-0.25, -0.2) is 22.2 Å². The number of sulfone groups is 1. The summed E-state index contributed by atoms with van der Waals surface area (Å²) in [5.74, 6) is -1.62. The molecule has 6 nitrogen and oxygen atoms in total. The van der Waals surface area contributed by atoms with Crippen LogP contribution in [0.15, 0.2) is 71.6 Å². The number of hydrogen-bond donors (Lipinski definition) is 2. The quantitative estimate of drug-likeness (QED) is 0.267. The monoisotopic (exact) mass is 602 g/mol. The maximum atomic E-state index is 14.5. The van der Waals surface area contributed by atoms with Crippen molar-refractivity contribution in [2.24, 2.45) is 0 Å². The lowest BCUT2D eigenvalue weighted by atomic mass is 9.70. The van der Waals surface area contributed by atoms with E-state index in [-0.39, 0.29) is 31.2 Å². The highest BCUT2D eigenvalue weighted by atomic mass is 35.5. The predicted octanol–water partition coefficient (Wildman–Crippen LogP) is 6.07. The molecule has 0 radical (unpaired) electrons. The van der Waals surface area contributed by atoms with Gasteiger partial charge < -0.3 is 15.2 Å². The van der Waals surface area contributed by atoms with Gasteiger partial charge in [-0.1, -0.05) is 37.2 Å². The molecule has 3 unspecified atom stereocenters. The first kappa shape index (κ1) is 30.8. The highest BCUT2D eigenvalue weighted by Gasteiger charge is 2.44. The van der Waals surface area contributed by atoms with Crippen molar-refractivity contribution in [2.75, 3.05) is 19.9 Å². The lowest BCUT2D eigenvalue weighted by Crippen LogP contribution is -2.52. The second kappa shape index (κ2) is 12.0. The lowest BCUT2D eigenvalue weighted by Gasteiger charge is -2.43. The van der Waals surface area contributed by atoms with E-state index in [9.17, 15) is 22.3 Å². The molecule has 0 aliphatic carbocycles. The third-order valence-electron chi connectivity index (χ3n) is 7.52. The Morgan fingerprint density at radius 2 is 1.85 bits per heavy atom. The average molecular weight is 603 g/mol. The number of aliphatic hydroxyl groups is 1. The van der Waals surface area contributed by atoms with E-state index in [2.05, 4.69) is 10.3 Å². The molecule has 2 heterocycles. The van der Waals surface area contributed by atoms with Crippen molar-refractivity contribution < 1.29 is 27.0 Å². The summed E-state index contributed by atoms with van der Waals surface area (Å²) in [6.45, 7) is 0.454. The smallest absolute Gasteiger partial charge is 0.217 e. The van der Waals surface area contributed by atoms with Crippen molar-refractivity contribution in [2.45, 2.75) is 49.1 Å². The van der Waals surface area contributed by atoms with Crippen LogP contribution < -0.4 is 10.1 Å². The van der Waals surface area contributed by atoms with E-state index in [1.165, 1.54) is 25.3 Å². The fourth-order valence-electron chi connectivity index (χ4n) is 5.64. The third-order valence-corrected chi connectivity index (χ3v) is 8.89. The van der Waals surface area contributed by atoms with Gasteiger partial charge in [0.2, 0.25) is 5.88 Å². The molecule has 4 aromatic rings.